The van der Waals surface area contributed by atoms with Gasteiger partial charge in [0.1, 0.15) is 5.84 Å². The van der Waals surface area contributed by atoms with Gasteiger partial charge in [-0.05, 0) is 54.3 Å². The van der Waals surface area contributed by atoms with E-state index < -0.39 is 0 Å². The number of nitrogens with zero attached hydrogens (tertiary/aromatic N) is 3. The van der Waals surface area contributed by atoms with E-state index in [1.54, 1.807) is 18.2 Å². The van der Waals surface area contributed by atoms with Crippen LogP contribution in [0, 0.1) is 5.92 Å². The summed E-state index contributed by atoms with van der Waals surface area (Å²) in [5.74, 6) is -0.620. The van der Waals surface area contributed by atoms with Gasteiger partial charge in [0.05, 0.1) is 18.7 Å². The van der Waals surface area contributed by atoms with E-state index in [0.29, 0.717) is 54.5 Å². The summed E-state index contributed by atoms with van der Waals surface area (Å²) in [5.41, 5.74) is 11.3. The first-order valence-corrected chi connectivity index (χ1v) is 16.0. The third-order valence-electron chi connectivity index (χ3n) is 8.53. The molecule has 0 aromatic heterocycles. The van der Waals surface area contributed by atoms with Crippen molar-refractivity contribution in [1.82, 2.24) is 9.80 Å². The number of methoxy groups -OCH3 is 1. The number of amides is 2. The molecule has 0 saturated carbocycles. The number of nitrogens with one attached hydrogen (secondary N) is 1. The van der Waals surface area contributed by atoms with Crippen LogP contribution >= 0.6 is 0 Å². The molecular weight excluding hydrogens is 578 g/mol. The predicted molar refractivity (Wildman–Crippen MR) is 182 cm³/mol. The number of benzene rings is 3. The molecule has 3 aromatic rings. The first kappa shape index (κ1) is 32.6. The number of likely N-dealkylation sites (tertiary alicyclic amines) is 1. The van der Waals surface area contributed by atoms with E-state index in [0.717, 1.165) is 30.5 Å². The van der Waals surface area contributed by atoms with Crippen molar-refractivity contribution in [3.63, 3.8) is 0 Å². The number of aliphatic imine (C=N–C) groups is 1. The molecule has 1 fully saturated rings. The van der Waals surface area contributed by atoms with Crippen LogP contribution in [0.15, 0.2) is 83.4 Å². The highest BCUT2D eigenvalue weighted by Crippen LogP contribution is 2.36. The highest BCUT2D eigenvalue weighted by atomic mass is 16.5. The molecule has 2 aliphatic rings. The minimum Gasteiger partial charge on any atom is -0.469 e. The van der Waals surface area contributed by atoms with Crippen LogP contribution in [0.5, 0.6) is 0 Å². The van der Waals surface area contributed by atoms with Gasteiger partial charge in [0.2, 0.25) is 5.91 Å². The van der Waals surface area contributed by atoms with Crippen LogP contribution in [0.4, 0.5) is 11.4 Å². The molecule has 0 radical (unpaired) electrons. The van der Waals surface area contributed by atoms with Crippen LogP contribution in [0.2, 0.25) is 0 Å². The standard InChI is InChI=1S/C37H43N5O4/c1-4-16-42(17-5-2)36(44)29-18-27-14-15-28(20-33(27)40-34(38)21-29)35(43)39-30-13-9-12-26(19-30)31-23-41(24-32(31)37(45)46-3)22-25-10-7-6-8-11-25/h6-15,18-20,31-32H,4-5,16-17,21-24H2,1-3H3,(H2,38,40)(H,39,43)/t31?,32-/m0/s1. The summed E-state index contributed by atoms with van der Waals surface area (Å²) in [7, 11) is 1.43. The molecule has 0 bridgehead atoms. The number of hydrogen-bond donors (Lipinski definition) is 2. The lowest BCUT2D eigenvalue weighted by Gasteiger charge is -2.22. The number of esters is 1. The Morgan fingerprint density at radius 3 is 2.46 bits per heavy atom. The number of anilines is 1. The average molecular weight is 622 g/mol. The van der Waals surface area contributed by atoms with Crippen molar-refractivity contribution < 1.29 is 19.1 Å². The molecule has 9 nitrogen and oxygen atoms in total. The average Bonchev–Trinajstić information content (AvgIpc) is 3.40. The molecule has 3 aromatic carbocycles. The van der Waals surface area contributed by atoms with E-state index in [1.807, 2.05) is 53.4 Å². The number of carbonyl (C=O) groups is 3. The summed E-state index contributed by atoms with van der Waals surface area (Å²) < 4.78 is 5.17. The fraction of sp³-hybridized carbons (Fsp3) is 0.351. The first-order chi connectivity index (χ1) is 22.3. The number of hydrogen-bond acceptors (Lipinski definition) is 7. The van der Waals surface area contributed by atoms with Gasteiger partial charge in [0, 0.05) is 67.4 Å². The largest absolute Gasteiger partial charge is 0.469 e. The van der Waals surface area contributed by atoms with Crippen LogP contribution in [0.1, 0.15) is 66.1 Å². The molecule has 1 saturated heterocycles. The molecule has 2 heterocycles. The van der Waals surface area contributed by atoms with Gasteiger partial charge in [0.25, 0.3) is 5.91 Å². The van der Waals surface area contributed by atoms with Crippen molar-refractivity contribution in [3.05, 3.63) is 101 Å². The normalized spacial score (nSPS) is 17.7. The Morgan fingerprint density at radius 1 is 0.978 bits per heavy atom. The van der Waals surface area contributed by atoms with Gasteiger partial charge in [-0.3, -0.25) is 19.3 Å². The van der Waals surface area contributed by atoms with Crippen LogP contribution < -0.4 is 11.1 Å². The van der Waals surface area contributed by atoms with Gasteiger partial charge in [0.15, 0.2) is 0 Å². The fourth-order valence-electron chi connectivity index (χ4n) is 6.36. The number of nitrogens with two attached hydrogens (primary N) is 1. The number of amidine groups is 1. The molecular formula is C37H43N5O4. The predicted octanol–water partition coefficient (Wildman–Crippen LogP) is 5.75. The van der Waals surface area contributed by atoms with Gasteiger partial charge in [-0.2, -0.15) is 0 Å². The maximum atomic E-state index is 13.4. The Morgan fingerprint density at radius 2 is 1.74 bits per heavy atom. The Labute approximate surface area is 271 Å². The van der Waals surface area contributed by atoms with Crippen molar-refractivity contribution in [2.45, 2.75) is 45.6 Å². The van der Waals surface area contributed by atoms with Gasteiger partial charge < -0.3 is 20.7 Å². The number of fused-ring (bicyclic) bond motifs is 1. The van der Waals surface area contributed by atoms with Crippen LogP contribution in [0.3, 0.4) is 0 Å². The zero-order chi connectivity index (χ0) is 32.6. The third kappa shape index (κ3) is 7.72. The van der Waals surface area contributed by atoms with Gasteiger partial charge >= 0.3 is 5.97 Å². The lowest BCUT2D eigenvalue weighted by Crippen LogP contribution is -2.34. The molecule has 2 aliphatic heterocycles. The molecule has 9 heteroatoms. The zero-order valence-electron chi connectivity index (χ0n) is 26.9. The molecule has 3 N–H and O–H groups in total. The van der Waals surface area contributed by atoms with E-state index in [4.69, 9.17) is 10.5 Å². The van der Waals surface area contributed by atoms with Crippen molar-refractivity contribution in [2.75, 3.05) is 38.6 Å². The SMILES string of the molecule is CCCN(CCC)C(=O)C1=Cc2ccc(C(=O)Nc3cccc(C4CN(Cc5ccccc5)C[C@@H]4C(=O)OC)c3)cc2N=C(N)C1. The van der Waals surface area contributed by atoms with E-state index >= 15 is 0 Å². The second-order valence-electron chi connectivity index (χ2n) is 12.0. The van der Waals surface area contributed by atoms with Crippen LogP contribution in [-0.4, -0.2) is 66.7 Å². The maximum Gasteiger partial charge on any atom is 0.310 e. The van der Waals surface area contributed by atoms with Gasteiger partial charge in [-0.15, -0.1) is 0 Å². The van der Waals surface area contributed by atoms with Gasteiger partial charge in [-0.25, -0.2) is 4.99 Å². The second-order valence-corrected chi connectivity index (χ2v) is 12.0. The van der Waals surface area contributed by atoms with E-state index in [2.05, 4.69) is 41.2 Å². The highest BCUT2D eigenvalue weighted by Gasteiger charge is 2.39. The van der Waals surface area contributed by atoms with Crippen molar-refractivity contribution >= 4 is 41.1 Å². The number of carbonyl (C=O) groups excluding carboxylic acids is 3. The number of ether oxygens (including phenoxy) is 1. The molecule has 240 valence electrons. The third-order valence-corrected chi connectivity index (χ3v) is 8.53. The quantitative estimate of drug-likeness (QED) is 0.263. The van der Waals surface area contributed by atoms with Crippen LogP contribution in [0.25, 0.3) is 6.08 Å². The lowest BCUT2D eigenvalue weighted by atomic mass is 9.89. The van der Waals surface area contributed by atoms with Crippen LogP contribution in [-0.2, 0) is 20.9 Å². The van der Waals surface area contributed by atoms with Gasteiger partial charge in [-0.1, -0.05) is 62.4 Å². The number of rotatable bonds is 11. The topological polar surface area (TPSA) is 117 Å². The summed E-state index contributed by atoms with van der Waals surface area (Å²) in [6, 6.07) is 23.1. The molecule has 2 atom stereocenters. The van der Waals surface area contributed by atoms with E-state index in [-0.39, 0.29) is 36.0 Å². The Bertz CT molecular complexity index is 1630. The monoisotopic (exact) mass is 621 g/mol. The van der Waals surface area contributed by atoms with Crippen molar-refractivity contribution in [1.29, 1.82) is 0 Å². The molecule has 1 unspecified atom stereocenters. The van der Waals surface area contributed by atoms with Crippen molar-refractivity contribution in [2.24, 2.45) is 16.6 Å². The second kappa shape index (κ2) is 15.0. The molecule has 5 rings (SSSR count). The van der Waals surface area contributed by atoms with E-state index in [1.165, 1.54) is 12.7 Å². The molecule has 2 amide bonds. The molecule has 46 heavy (non-hydrogen) atoms. The first-order valence-electron chi connectivity index (χ1n) is 16.0. The molecule has 0 aliphatic carbocycles. The minimum absolute atomic E-state index is 0.0312. The maximum absolute atomic E-state index is 13.4. The summed E-state index contributed by atoms with van der Waals surface area (Å²) >= 11 is 0. The summed E-state index contributed by atoms with van der Waals surface area (Å²) in [6.45, 7) is 7.52. The molecule has 0 spiro atoms. The summed E-state index contributed by atoms with van der Waals surface area (Å²) in [5, 5.41) is 3.01. The Hall–Kier alpha value is -4.76. The smallest absolute Gasteiger partial charge is 0.310 e. The Kier molecular flexibility index (Phi) is 10.6. The summed E-state index contributed by atoms with van der Waals surface area (Å²) in [4.78, 5) is 48.2. The summed E-state index contributed by atoms with van der Waals surface area (Å²) in [6.07, 6.45) is 3.84. The van der Waals surface area contributed by atoms with E-state index in [9.17, 15) is 14.4 Å². The Balaban J connectivity index is 1.33. The zero-order valence-corrected chi connectivity index (χ0v) is 26.9. The van der Waals surface area contributed by atoms with Crippen molar-refractivity contribution in [3.8, 4) is 0 Å². The minimum atomic E-state index is -0.312. The lowest BCUT2D eigenvalue weighted by molar-refractivity contribution is -0.145. The fourth-order valence-corrected chi connectivity index (χ4v) is 6.36. The highest BCUT2D eigenvalue weighted by molar-refractivity contribution is 6.08.